The zero-order valence-corrected chi connectivity index (χ0v) is 17.0. The van der Waals surface area contributed by atoms with Crippen LogP contribution in [0.2, 0.25) is 0 Å². The van der Waals surface area contributed by atoms with Gasteiger partial charge in [0.25, 0.3) is 0 Å². The Hall–Kier alpha value is -1.83. The number of aryl methyl sites for hydroxylation is 1. The van der Waals surface area contributed by atoms with E-state index in [2.05, 4.69) is 37.3 Å². The van der Waals surface area contributed by atoms with Gasteiger partial charge in [-0.25, -0.2) is 4.39 Å². The molecule has 0 spiro atoms. The van der Waals surface area contributed by atoms with Crippen LogP contribution in [0.25, 0.3) is 10.1 Å². The summed E-state index contributed by atoms with van der Waals surface area (Å²) in [6, 6.07) is 16.6. The first-order chi connectivity index (χ1) is 14.0. The highest BCUT2D eigenvalue weighted by atomic mass is 32.1. The Morgan fingerprint density at radius 2 is 1.69 bits per heavy atom. The van der Waals surface area contributed by atoms with Gasteiger partial charge in [-0.2, -0.15) is 0 Å². The normalized spacial score (nSPS) is 27.4. The monoisotopic (exact) mass is 416 g/mol. The molecule has 1 aromatic heterocycles. The number of aliphatic hydroxyl groups excluding tert-OH is 3. The molecule has 0 radical (unpaired) electrons. The lowest BCUT2D eigenvalue weighted by Gasteiger charge is -2.39. The highest BCUT2D eigenvalue weighted by molar-refractivity contribution is 7.19. The summed E-state index contributed by atoms with van der Waals surface area (Å²) in [7, 11) is 0. The fourth-order valence-corrected chi connectivity index (χ4v) is 5.05. The number of halogens is 1. The van der Waals surface area contributed by atoms with Gasteiger partial charge in [0, 0.05) is 9.58 Å². The van der Waals surface area contributed by atoms with Crippen molar-refractivity contribution < 1.29 is 24.4 Å². The van der Waals surface area contributed by atoms with Crippen molar-refractivity contribution in [1.29, 1.82) is 0 Å². The molecule has 1 saturated heterocycles. The average molecular weight is 417 g/mol. The van der Waals surface area contributed by atoms with Crippen LogP contribution in [0.4, 0.5) is 4.39 Å². The Morgan fingerprint density at radius 1 is 0.966 bits per heavy atom. The summed E-state index contributed by atoms with van der Waals surface area (Å²) in [5.74, 6) is 0. The third-order valence-electron chi connectivity index (χ3n) is 5.64. The quantitative estimate of drug-likeness (QED) is 0.595. The first-order valence-electron chi connectivity index (χ1n) is 9.86. The Bertz CT molecular complexity index is 969. The lowest BCUT2D eigenvalue weighted by molar-refractivity contribution is -0.226. The van der Waals surface area contributed by atoms with E-state index < -0.39 is 37.2 Å². The number of ether oxygens (including phenoxy) is 1. The van der Waals surface area contributed by atoms with Crippen LogP contribution >= 0.6 is 11.3 Å². The second kappa shape index (κ2) is 8.50. The van der Waals surface area contributed by atoms with E-state index in [1.165, 1.54) is 22.5 Å². The molecule has 154 valence electrons. The minimum Gasteiger partial charge on any atom is -0.387 e. The molecule has 4 rings (SSSR count). The summed E-state index contributed by atoms with van der Waals surface area (Å²) < 4.78 is 19.9. The van der Waals surface area contributed by atoms with E-state index in [0.29, 0.717) is 4.88 Å². The minimum atomic E-state index is -1.45. The van der Waals surface area contributed by atoms with Crippen LogP contribution in [-0.4, -0.2) is 46.4 Å². The second-order valence-electron chi connectivity index (χ2n) is 7.55. The predicted octanol–water partition coefficient (Wildman–Crippen LogP) is 3.55. The highest BCUT2D eigenvalue weighted by Crippen LogP contribution is 2.39. The van der Waals surface area contributed by atoms with Gasteiger partial charge in [0.05, 0.1) is 0 Å². The SMILES string of the molecule is CCc1ccc(Cc2cccc3sc([C@@H]4OC(CF)[C@@H](O)[C@H](O)[C@H]4O)cc23)cc1. The van der Waals surface area contributed by atoms with E-state index in [1.54, 1.807) is 0 Å². The van der Waals surface area contributed by atoms with Crippen molar-refractivity contribution in [3.63, 3.8) is 0 Å². The maximum atomic E-state index is 13.2. The van der Waals surface area contributed by atoms with Gasteiger partial charge in [-0.3, -0.25) is 0 Å². The fourth-order valence-electron chi connectivity index (χ4n) is 3.86. The summed E-state index contributed by atoms with van der Waals surface area (Å²) in [5.41, 5.74) is 3.67. The van der Waals surface area contributed by atoms with Crippen molar-refractivity contribution >= 4 is 21.4 Å². The van der Waals surface area contributed by atoms with Crippen LogP contribution in [0.1, 0.15) is 34.6 Å². The van der Waals surface area contributed by atoms with Crippen molar-refractivity contribution in [2.45, 2.75) is 50.3 Å². The molecule has 5 atom stereocenters. The van der Waals surface area contributed by atoms with Crippen molar-refractivity contribution in [2.24, 2.45) is 0 Å². The molecule has 1 aliphatic rings. The van der Waals surface area contributed by atoms with Gasteiger partial charge >= 0.3 is 0 Å². The number of fused-ring (bicyclic) bond motifs is 1. The minimum absolute atomic E-state index is 0.714. The van der Waals surface area contributed by atoms with E-state index in [1.807, 2.05) is 18.2 Å². The smallest absolute Gasteiger partial charge is 0.121 e. The summed E-state index contributed by atoms with van der Waals surface area (Å²) >= 11 is 1.45. The van der Waals surface area contributed by atoms with Crippen LogP contribution in [-0.2, 0) is 17.6 Å². The zero-order valence-electron chi connectivity index (χ0n) is 16.2. The topological polar surface area (TPSA) is 69.9 Å². The lowest BCUT2D eigenvalue weighted by Crippen LogP contribution is -2.54. The number of hydrogen-bond acceptors (Lipinski definition) is 5. The Labute approximate surface area is 173 Å². The van der Waals surface area contributed by atoms with Gasteiger partial charge in [-0.05, 0) is 47.1 Å². The molecule has 3 N–H and O–H groups in total. The van der Waals surface area contributed by atoms with Crippen LogP contribution in [0.5, 0.6) is 0 Å². The summed E-state index contributed by atoms with van der Waals surface area (Å²) in [6.07, 6.45) is -4.44. The van der Waals surface area contributed by atoms with Crippen LogP contribution in [0.15, 0.2) is 48.5 Å². The number of rotatable bonds is 5. The lowest BCUT2D eigenvalue weighted by atomic mass is 9.94. The average Bonchev–Trinajstić information content (AvgIpc) is 3.18. The van der Waals surface area contributed by atoms with E-state index in [0.717, 1.165) is 28.5 Å². The predicted molar refractivity (Wildman–Crippen MR) is 112 cm³/mol. The molecular weight excluding hydrogens is 391 g/mol. The number of benzene rings is 2. The third-order valence-corrected chi connectivity index (χ3v) is 6.80. The van der Waals surface area contributed by atoms with Crippen molar-refractivity contribution in [3.8, 4) is 0 Å². The molecule has 0 aliphatic carbocycles. The molecule has 0 saturated carbocycles. The highest BCUT2D eigenvalue weighted by Gasteiger charge is 2.44. The molecular formula is C23H25FO4S. The first kappa shape index (κ1) is 20.4. The van der Waals surface area contributed by atoms with E-state index >= 15 is 0 Å². The third kappa shape index (κ3) is 3.96. The van der Waals surface area contributed by atoms with E-state index in [-0.39, 0.29) is 0 Å². The molecule has 0 amide bonds. The molecule has 1 aliphatic heterocycles. The van der Waals surface area contributed by atoms with Crippen molar-refractivity contribution in [2.75, 3.05) is 6.67 Å². The molecule has 2 aromatic carbocycles. The first-order valence-corrected chi connectivity index (χ1v) is 10.7. The van der Waals surface area contributed by atoms with E-state index in [9.17, 15) is 19.7 Å². The van der Waals surface area contributed by atoms with Gasteiger partial charge < -0.3 is 20.1 Å². The summed E-state index contributed by atoms with van der Waals surface area (Å²) in [6.45, 7) is 1.21. The van der Waals surface area contributed by atoms with E-state index in [4.69, 9.17) is 4.74 Å². The molecule has 1 unspecified atom stereocenters. The van der Waals surface area contributed by atoms with Crippen molar-refractivity contribution in [3.05, 3.63) is 70.1 Å². The van der Waals surface area contributed by atoms with Gasteiger partial charge in [-0.15, -0.1) is 11.3 Å². The number of alkyl halides is 1. The van der Waals surface area contributed by atoms with Gasteiger partial charge in [0.15, 0.2) is 0 Å². The zero-order chi connectivity index (χ0) is 20.5. The largest absolute Gasteiger partial charge is 0.387 e. The number of hydrogen-bond donors (Lipinski definition) is 3. The molecule has 0 bridgehead atoms. The molecule has 2 heterocycles. The van der Waals surface area contributed by atoms with Gasteiger partial charge in [0.2, 0.25) is 0 Å². The molecule has 29 heavy (non-hydrogen) atoms. The van der Waals surface area contributed by atoms with Crippen LogP contribution in [0, 0.1) is 0 Å². The Morgan fingerprint density at radius 3 is 2.38 bits per heavy atom. The molecule has 4 nitrogen and oxygen atoms in total. The summed E-state index contributed by atoms with van der Waals surface area (Å²) in [5, 5.41) is 31.4. The van der Waals surface area contributed by atoms with Gasteiger partial charge in [0.1, 0.15) is 37.2 Å². The number of thiophene rings is 1. The fraction of sp³-hybridized carbons (Fsp3) is 0.391. The van der Waals surface area contributed by atoms with Crippen LogP contribution in [0.3, 0.4) is 0 Å². The Kier molecular flexibility index (Phi) is 5.99. The number of aliphatic hydroxyl groups is 3. The molecule has 6 heteroatoms. The van der Waals surface area contributed by atoms with Gasteiger partial charge in [-0.1, -0.05) is 43.3 Å². The maximum absolute atomic E-state index is 13.2. The second-order valence-corrected chi connectivity index (χ2v) is 8.66. The molecule has 1 fully saturated rings. The maximum Gasteiger partial charge on any atom is 0.121 e. The standard InChI is InChI=1S/C23H25FO4S/c1-2-13-6-8-14(9-7-13)10-15-4-3-5-18-16(15)11-19(29-18)23-22(27)21(26)20(25)17(12-24)28-23/h3-9,11,17,20-23,25-27H,2,10,12H2,1H3/t17?,20-,21+,22-,23+/m1/s1. The Balaban J connectivity index is 1.65. The summed E-state index contributed by atoms with van der Waals surface area (Å²) in [4.78, 5) is 0.714. The van der Waals surface area contributed by atoms with Crippen molar-refractivity contribution in [1.82, 2.24) is 0 Å². The molecule has 3 aromatic rings. The van der Waals surface area contributed by atoms with Crippen LogP contribution < -0.4 is 0 Å².